The Hall–Kier alpha value is -3.82. The minimum Gasteiger partial charge on any atom is -0.463 e. The number of H-pyrrole nitrogens is 1. The van der Waals surface area contributed by atoms with Crippen LogP contribution in [0.25, 0.3) is 11.3 Å². The van der Waals surface area contributed by atoms with Gasteiger partial charge in [0.25, 0.3) is 5.56 Å². The Morgan fingerprint density at radius 3 is 2.26 bits per heavy atom. The molecule has 178 valence electrons. The average molecular weight is 487 g/mol. The van der Waals surface area contributed by atoms with Gasteiger partial charge in [0.15, 0.2) is 23.2 Å². The molecule has 1 aromatic carbocycles. The quantitative estimate of drug-likeness (QED) is 0.363. The van der Waals surface area contributed by atoms with Gasteiger partial charge < -0.3 is 18.9 Å². The Morgan fingerprint density at radius 1 is 1.09 bits per heavy atom. The van der Waals surface area contributed by atoms with Crippen LogP contribution in [-0.4, -0.2) is 52.4 Å². The number of ether oxygens (including phenoxy) is 4. The molecule has 3 rings (SSSR count). The van der Waals surface area contributed by atoms with E-state index in [1.807, 2.05) is 6.07 Å². The number of nitrogens with one attached hydrogen (secondary N) is 1. The van der Waals surface area contributed by atoms with Crippen molar-refractivity contribution in [3.63, 3.8) is 0 Å². The van der Waals surface area contributed by atoms with Gasteiger partial charge in [0.1, 0.15) is 24.3 Å². The van der Waals surface area contributed by atoms with E-state index in [1.54, 1.807) is 30.3 Å². The lowest BCUT2D eigenvalue weighted by Gasteiger charge is -2.26. The maximum atomic E-state index is 12.5. The first kappa shape index (κ1) is 24.8. The van der Waals surface area contributed by atoms with Gasteiger partial charge in [-0.1, -0.05) is 30.3 Å². The molecular weight excluding hydrogens is 466 g/mol. The molecule has 0 saturated carbocycles. The van der Waals surface area contributed by atoms with Crippen LogP contribution in [0.2, 0.25) is 0 Å². The molecule has 0 spiro atoms. The molecule has 2 aromatic rings. The number of esters is 3. The second-order valence-corrected chi connectivity index (χ2v) is 7.73. The number of carbonyl (C=O) groups is 3. The van der Waals surface area contributed by atoms with Crippen LogP contribution in [0.4, 0.5) is 0 Å². The fourth-order valence-electron chi connectivity index (χ4n) is 3.68. The smallest absolute Gasteiger partial charge is 0.303 e. The van der Waals surface area contributed by atoms with Crippen LogP contribution in [0.5, 0.6) is 0 Å². The molecule has 1 N–H and O–H groups in total. The number of carbonyl (C=O) groups excluding carboxylic acids is 3. The number of nitriles is 1. The molecule has 1 aliphatic rings. The van der Waals surface area contributed by atoms with E-state index < -0.39 is 48.0 Å². The first-order valence-corrected chi connectivity index (χ1v) is 10.5. The van der Waals surface area contributed by atoms with Crippen molar-refractivity contribution in [2.24, 2.45) is 0 Å². The molecule has 0 radical (unpaired) electrons. The maximum Gasteiger partial charge on any atom is 0.303 e. The molecule has 0 aliphatic carbocycles. The molecule has 0 unspecified atom stereocenters. The highest BCUT2D eigenvalue weighted by Crippen LogP contribution is 2.37. The standard InChI is InChI=1S/C22H21N3O8S/c1-11(26)30-10-16-18(31-12(2)27)19(32-13(3)28)21(33-16)25-17(14-7-5-4-6-8-14)15(9-23)20(29)24-22(25)34/h4-8,16,18-19,21H,10H2,1-3H3,(H,24,29,34)/t16-,18-,19-,21-/m1/s1. The lowest BCUT2D eigenvalue weighted by molar-refractivity contribution is -0.166. The van der Waals surface area contributed by atoms with E-state index in [4.69, 9.17) is 31.2 Å². The van der Waals surface area contributed by atoms with Crippen LogP contribution in [0.3, 0.4) is 0 Å². The normalized spacial score (nSPS) is 21.4. The minimum absolute atomic E-state index is 0.119. The van der Waals surface area contributed by atoms with Crippen LogP contribution in [0.1, 0.15) is 32.6 Å². The largest absolute Gasteiger partial charge is 0.463 e. The van der Waals surface area contributed by atoms with Crippen molar-refractivity contribution in [1.82, 2.24) is 9.55 Å². The summed E-state index contributed by atoms with van der Waals surface area (Å²) >= 11 is 5.39. The molecule has 0 bridgehead atoms. The fourth-order valence-corrected chi connectivity index (χ4v) is 3.96. The van der Waals surface area contributed by atoms with Crippen molar-refractivity contribution >= 4 is 30.1 Å². The van der Waals surface area contributed by atoms with Crippen molar-refractivity contribution in [2.75, 3.05) is 6.61 Å². The van der Waals surface area contributed by atoms with Crippen molar-refractivity contribution in [1.29, 1.82) is 5.26 Å². The zero-order chi connectivity index (χ0) is 25.0. The Bertz CT molecular complexity index is 1260. The van der Waals surface area contributed by atoms with Crippen molar-refractivity contribution in [3.05, 3.63) is 51.0 Å². The summed E-state index contributed by atoms with van der Waals surface area (Å²) in [4.78, 5) is 50.1. The van der Waals surface area contributed by atoms with Gasteiger partial charge in [0.05, 0.1) is 5.69 Å². The molecule has 1 saturated heterocycles. The van der Waals surface area contributed by atoms with Gasteiger partial charge in [-0.2, -0.15) is 5.26 Å². The first-order chi connectivity index (χ1) is 16.1. The van der Waals surface area contributed by atoms with Crippen molar-refractivity contribution in [3.8, 4) is 17.3 Å². The van der Waals surface area contributed by atoms with Crippen molar-refractivity contribution < 1.29 is 33.3 Å². The topological polar surface area (TPSA) is 150 Å². The molecule has 1 aromatic heterocycles. The Morgan fingerprint density at radius 2 is 1.71 bits per heavy atom. The molecule has 12 heteroatoms. The lowest BCUT2D eigenvalue weighted by atomic mass is 10.1. The second-order valence-electron chi connectivity index (χ2n) is 7.35. The molecule has 0 amide bonds. The summed E-state index contributed by atoms with van der Waals surface area (Å²) in [6, 6.07) is 10.4. The van der Waals surface area contributed by atoms with Crippen LogP contribution in [0.15, 0.2) is 35.1 Å². The highest BCUT2D eigenvalue weighted by molar-refractivity contribution is 7.71. The van der Waals surface area contributed by atoms with E-state index in [9.17, 15) is 24.4 Å². The molecule has 2 heterocycles. The van der Waals surface area contributed by atoms with Crippen molar-refractivity contribution in [2.45, 2.75) is 45.3 Å². The minimum atomic E-state index is -1.24. The van der Waals surface area contributed by atoms with Gasteiger partial charge in [-0.15, -0.1) is 0 Å². The van der Waals surface area contributed by atoms with E-state index in [-0.39, 0.29) is 22.6 Å². The molecule has 11 nitrogen and oxygen atoms in total. The van der Waals surface area contributed by atoms with Crippen LogP contribution in [-0.2, 0) is 33.3 Å². The van der Waals surface area contributed by atoms with E-state index >= 15 is 0 Å². The van der Waals surface area contributed by atoms with Gasteiger partial charge in [0.2, 0.25) is 0 Å². The third-order valence-electron chi connectivity index (χ3n) is 4.90. The number of hydrogen-bond acceptors (Lipinski definition) is 10. The Labute approximate surface area is 198 Å². The number of aromatic amines is 1. The second kappa shape index (κ2) is 10.4. The Kier molecular flexibility index (Phi) is 7.60. The highest BCUT2D eigenvalue weighted by Gasteiger charge is 2.51. The van der Waals surface area contributed by atoms with Crippen LogP contribution >= 0.6 is 12.2 Å². The maximum absolute atomic E-state index is 12.5. The zero-order valence-corrected chi connectivity index (χ0v) is 19.3. The van der Waals surface area contributed by atoms with Crippen LogP contribution in [0, 0.1) is 16.1 Å². The van der Waals surface area contributed by atoms with Gasteiger partial charge in [-0.05, 0) is 17.8 Å². The van der Waals surface area contributed by atoms with Gasteiger partial charge in [-0.25, -0.2) is 0 Å². The summed E-state index contributed by atoms with van der Waals surface area (Å²) < 4.78 is 23.1. The molecule has 4 atom stereocenters. The van der Waals surface area contributed by atoms with Crippen LogP contribution < -0.4 is 5.56 Å². The lowest BCUT2D eigenvalue weighted by Crippen LogP contribution is -2.41. The summed E-state index contributed by atoms with van der Waals surface area (Å²) in [5.74, 6) is -2.00. The summed E-state index contributed by atoms with van der Waals surface area (Å²) in [7, 11) is 0. The molecule has 1 aliphatic heterocycles. The third-order valence-corrected chi connectivity index (χ3v) is 5.20. The monoisotopic (exact) mass is 487 g/mol. The van der Waals surface area contributed by atoms with Gasteiger partial charge >= 0.3 is 17.9 Å². The summed E-state index contributed by atoms with van der Waals surface area (Å²) in [5, 5.41) is 9.73. The number of nitrogens with zero attached hydrogens (tertiary/aromatic N) is 2. The molecular formula is C22H21N3O8S. The number of benzene rings is 1. The molecule has 34 heavy (non-hydrogen) atoms. The average Bonchev–Trinajstić information content (AvgIpc) is 3.08. The van der Waals surface area contributed by atoms with E-state index in [1.165, 1.54) is 11.5 Å². The van der Waals surface area contributed by atoms with Gasteiger partial charge in [0, 0.05) is 20.8 Å². The fraction of sp³-hybridized carbons (Fsp3) is 0.364. The predicted octanol–water partition coefficient (Wildman–Crippen LogP) is 1.77. The third kappa shape index (κ3) is 5.22. The zero-order valence-electron chi connectivity index (χ0n) is 18.5. The summed E-state index contributed by atoms with van der Waals surface area (Å²) in [5.41, 5.74) is -0.377. The van der Waals surface area contributed by atoms with E-state index in [0.717, 1.165) is 13.8 Å². The SMILES string of the molecule is CC(=O)OC[C@H]1O[C@@H](n2c(-c3ccccc3)c(C#N)c(=O)[nH]c2=S)[C@H](OC(C)=O)[C@@H]1OC(C)=O. The van der Waals surface area contributed by atoms with E-state index in [0.29, 0.717) is 5.56 Å². The summed E-state index contributed by atoms with van der Waals surface area (Å²) in [6.45, 7) is 3.20. The highest BCUT2D eigenvalue weighted by atomic mass is 32.1. The van der Waals surface area contributed by atoms with Gasteiger partial charge in [-0.3, -0.25) is 28.7 Å². The predicted molar refractivity (Wildman–Crippen MR) is 118 cm³/mol. The van der Waals surface area contributed by atoms with E-state index in [2.05, 4.69) is 4.98 Å². The Balaban J connectivity index is 2.25. The number of hydrogen-bond donors (Lipinski definition) is 1. The number of rotatable bonds is 6. The number of aromatic nitrogens is 2. The summed E-state index contributed by atoms with van der Waals surface area (Å²) in [6.07, 6.45) is -4.69. The first-order valence-electron chi connectivity index (χ1n) is 10.1. The molecule has 1 fully saturated rings.